The van der Waals surface area contributed by atoms with Gasteiger partial charge in [0.1, 0.15) is 0 Å². The van der Waals surface area contributed by atoms with Crippen molar-refractivity contribution in [2.45, 2.75) is 6.36 Å². The number of anilines is 1. The first-order chi connectivity index (χ1) is 8.35. The number of hydrogen-bond donors (Lipinski definition) is 2. The predicted molar refractivity (Wildman–Crippen MR) is 57.4 cm³/mol. The van der Waals surface area contributed by atoms with Crippen LogP contribution in [0.3, 0.4) is 0 Å². The zero-order valence-electron chi connectivity index (χ0n) is 8.91. The van der Waals surface area contributed by atoms with E-state index in [4.69, 9.17) is 11.5 Å². The molecule has 4 nitrogen and oxygen atoms in total. The van der Waals surface area contributed by atoms with Crippen molar-refractivity contribution in [1.29, 1.82) is 0 Å². The summed E-state index contributed by atoms with van der Waals surface area (Å²) in [7, 11) is 0. The number of hydrogen-bond acceptors (Lipinski definition) is 3. The molecule has 0 heterocycles. The molecular formula is C11H8F3NO3. The summed E-state index contributed by atoms with van der Waals surface area (Å²) in [6.45, 7) is -0.126. The molecule has 0 aliphatic rings. The normalized spacial score (nSPS) is 10.6. The number of aromatic carboxylic acids is 1. The minimum atomic E-state index is -4.91. The zero-order chi connectivity index (χ0) is 13.8. The Morgan fingerprint density at radius 1 is 1.50 bits per heavy atom. The number of benzene rings is 1. The molecule has 0 amide bonds. The summed E-state index contributed by atoms with van der Waals surface area (Å²) in [5, 5.41) is 11.3. The number of alkyl halides is 3. The van der Waals surface area contributed by atoms with Crippen molar-refractivity contribution in [3.63, 3.8) is 0 Å². The van der Waals surface area contributed by atoms with Gasteiger partial charge in [-0.05, 0) is 12.1 Å². The highest BCUT2D eigenvalue weighted by molar-refractivity contribution is 5.96. The lowest BCUT2D eigenvalue weighted by atomic mass is 10.1. The first-order valence-electron chi connectivity index (χ1n) is 4.64. The molecule has 0 radical (unpaired) electrons. The fourth-order valence-electron chi connectivity index (χ4n) is 1.24. The molecule has 1 aromatic carbocycles. The Balaban J connectivity index is 3.20. The van der Waals surface area contributed by atoms with E-state index in [2.05, 4.69) is 16.0 Å². The molecule has 0 unspecified atom stereocenters. The smallest absolute Gasteiger partial charge is 0.478 e. The van der Waals surface area contributed by atoms with Gasteiger partial charge in [-0.25, -0.2) is 4.79 Å². The Bertz CT molecular complexity index is 491. The monoisotopic (exact) mass is 259 g/mol. The van der Waals surface area contributed by atoms with Gasteiger partial charge in [-0.15, -0.1) is 19.6 Å². The maximum Gasteiger partial charge on any atom is 0.573 e. The van der Waals surface area contributed by atoms with E-state index in [-0.39, 0.29) is 17.8 Å². The molecule has 0 atom stereocenters. The first-order valence-corrected chi connectivity index (χ1v) is 4.64. The van der Waals surface area contributed by atoms with Crippen molar-refractivity contribution in [2.75, 3.05) is 11.9 Å². The Kier molecular flexibility index (Phi) is 4.05. The van der Waals surface area contributed by atoms with Gasteiger partial charge in [0.05, 0.1) is 17.8 Å². The molecule has 0 bridgehead atoms. The lowest BCUT2D eigenvalue weighted by molar-refractivity contribution is -0.274. The molecule has 0 saturated carbocycles. The molecule has 0 saturated heterocycles. The summed E-state index contributed by atoms with van der Waals surface area (Å²) in [6.07, 6.45) is 0.0439. The SMILES string of the molecule is C#CCNc1c(OC(F)(F)F)cccc1C(=O)O. The fourth-order valence-corrected chi connectivity index (χ4v) is 1.24. The van der Waals surface area contributed by atoms with Gasteiger partial charge >= 0.3 is 12.3 Å². The third-order valence-electron chi connectivity index (χ3n) is 1.85. The van der Waals surface area contributed by atoms with E-state index in [1.165, 1.54) is 0 Å². The third kappa shape index (κ3) is 3.59. The van der Waals surface area contributed by atoms with Crippen LogP contribution < -0.4 is 10.1 Å². The summed E-state index contributed by atoms with van der Waals surface area (Å²) < 4.78 is 40.1. The van der Waals surface area contributed by atoms with Gasteiger partial charge in [0.15, 0.2) is 5.75 Å². The number of para-hydroxylation sites is 1. The largest absolute Gasteiger partial charge is 0.573 e. The summed E-state index contributed by atoms with van der Waals surface area (Å²) in [5.41, 5.74) is -0.660. The maximum absolute atomic E-state index is 12.1. The number of nitrogens with one attached hydrogen (secondary N) is 1. The summed E-state index contributed by atoms with van der Waals surface area (Å²) in [5.74, 6) is 0.104. The lowest BCUT2D eigenvalue weighted by Gasteiger charge is -2.15. The number of ether oxygens (including phenoxy) is 1. The standard InChI is InChI=1S/C11H8F3NO3/c1-2-6-15-9-7(10(16)17)4-3-5-8(9)18-11(12,13)14/h1,3-5,15H,6H2,(H,16,17). The van der Waals surface area contributed by atoms with E-state index in [1.54, 1.807) is 0 Å². The van der Waals surface area contributed by atoms with E-state index in [9.17, 15) is 18.0 Å². The number of carboxylic acids is 1. The molecule has 1 rings (SSSR count). The number of rotatable bonds is 4. The minimum Gasteiger partial charge on any atom is -0.478 e. The number of carboxylic acid groups (broad SMARTS) is 1. The van der Waals surface area contributed by atoms with Crippen LogP contribution in [0.2, 0.25) is 0 Å². The van der Waals surface area contributed by atoms with Crippen LogP contribution in [0.25, 0.3) is 0 Å². The average Bonchev–Trinajstić information content (AvgIpc) is 2.24. The second-order valence-corrected chi connectivity index (χ2v) is 3.09. The molecule has 0 aliphatic heterocycles. The van der Waals surface area contributed by atoms with E-state index in [1.807, 2.05) is 0 Å². The highest BCUT2D eigenvalue weighted by atomic mass is 19.4. The first kappa shape index (κ1) is 13.7. The quantitative estimate of drug-likeness (QED) is 0.815. The van der Waals surface area contributed by atoms with Crippen LogP contribution in [0.1, 0.15) is 10.4 Å². The average molecular weight is 259 g/mol. The second kappa shape index (κ2) is 5.31. The van der Waals surface area contributed by atoms with Crippen molar-refractivity contribution in [3.8, 4) is 18.1 Å². The van der Waals surface area contributed by atoms with Gasteiger partial charge in [-0.3, -0.25) is 0 Å². The highest BCUT2D eigenvalue weighted by Gasteiger charge is 2.33. The molecule has 2 N–H and O–H groups in total. The van der Waals surface area contributed by atoms with Crippen LogP contribution in [0, 0.1) is 12.3 Å². The summed E-state index contributed by atoms with van der Waals surface area (Å²) in [6, 6.07) is 3.29. The van der Waals surface area contributed by atoms with E-state index in [0.717, 1.165) is 18.2 Å². The van der Waals surface area contributed by atoms with Gasteiger partial charge < -0.3 is 15.2 Å². The molecule has 0 aromatic heterocycles. The number of carbonyl (C=O) groups is 1. The van der Waals surface area contributed by atoms with E-state index >= 15 is 0 Å². The third-order valence-corrected chi connectivity index (χ3v) is 1.85. The van der Waals surface area contributed by atoms with Crippen LogP contribution in [0.4, 0.5) is 18.9 Å². The number of halogens is 3. The van der Waals surface area contributed by atoms with Crippen LogP contribution in [0.15, 0.2) is 18.2 Å². The Hall–Kier alpha value is -2.36. The molecule has 0 aliphatic carbocycles. The Morgan fingerprint density at radius 2 is 2.17 bits per heavy atom. The van der Waals surface area contributed by atoms with Crippen molar-refractivity contribution in [1.82, 2.24) is 0 Å². The summed E-state index contributed by atoms with van der Waals surface area (Å²) >= 11 is 0. The molecular weight excluding hydrogens is 251 g/mol. The maximum atomic E-state index is 12.1. The zero-order valence-corrected chi connectivity index (χ0v) is 8.91. The fraction of sp³-hybridized carbons (Fsp3) is 0.182. The molecule has 96 valence electrons. The van der Waals surface area contributed by atoms with Crippen molar-refractivity contribution in [2.24, 2.45) is 0 Å². The molecule has 0 spiro atoms. The van der Waals surface area contributed by atoms with Gasteiger partial charge in [0.2, 0.25) is 0 Å². The Labute approximate surface area is 100 Å². The van der Waals surface area contributed by atoms with Crippen molar-refractivity contribution >= 4 is 11.7 Å². The Morgan fingerprint density at radius 3 is 2.67 bits per heavy atom. The molecule has 1 aromatic rings. The van der Waals surface area contributed by atoms with Gasteiger partial charge in [-0.2, -0.15) is 0 Å². The molecule has 7 heteroatoms. The molecule has 18 heavy (non-hydrogen) atoms. The van der Waals surface area contributed by atoms with Crippen LogP contribution in [0.5, 0.6) is 5.75 Å². The van der Waals surface area contributed by atoms with Gasteiger partial charge in [0.25, 0.3) is 0 Å². The topological polar surface area (TPSA) is 58.6 Å². The van der Waals surface area contributed by atoms with Crippen molar-refractivity contribution in [3.05, 3.63) is 23.8 Å². The van der Waals surface area contributed by atoms with Gasteiger partial charge in [-0.1, -0.05) is 12.0 Å². The van der Waals surface area contributed by atoms with Crippen LogP contribution >= 0.6 is 0 Å². The summed E-state index contributed by atoms with van der Waals surface area (Å²) in [4.78, 5) is 10.9. The van der Waals surface area contributed by atoms with Gasteiger partial charge in [0, 0.05) is 0 Å². The minimum absolute atomic E-state index is 0.126. The number of terminal acetylenes is 1. The predicted octanol–water partition coefficient (Wildman–Crippen LogP) is 2.33. The molecule has 0 fully saturated rings. The second-order valence-electron chi connectivity index (χ2n) is 3.09. The van der Waals surface area contributed by atoms with Crippen molar-refractivity contribution < 1.29 is 27.8 Å². The highest BCUT2D eigenvalue weighted by Crippen LogP contribution is 2.32. The van der Waals surface area contributed by atoms with Crippen LogP contribution in [-0.2, 0) is 0 Å². The van der Waals surface area contributed by atoms with Crippen LogP contribution in [-0.4, -0.2) is 24.0 Å². The van der Waals surface area contributed by atoms with E-state index < -0.39 is 18.1 Å². The lowest BCUT2D eigenvalue weighted by Crippen LogP contribution is -2.19. The van der Waals surface area contributed by atoms with E-state index in [0.29, 0.717) is 0 Å².